The predicted octanol–water partition coefficient (Wildman–Crippen LogP) is 2.19. The molecule has 0 unspecified atom stereocenters. The molecule has 0 aliphatic carbocycles. The summed E-state index contributed by atoms with van der Waals surface area (Å²) in [6.07, 6.45) is 0. The SMILES string of the molecule is CC(C)[C@@H](NS(=O)(=O)c1ccc(Oc2ccccc2Cl)cc1)C(=O)[O-]. The number of ether oxygens (including phenoxy) is 1. The van der Waals surface area contributed by atoms with E-state index < -0.39 is 28.0 Å². The molecule has 8 heteroatoms. The quantitative estimate of drug-likeness (QED) is 0.791. The predicted molar refractivity (Wildman–Crippen MR) is 91.9 cm³/mol. The van der Waals surface area contributed by atoms with Crippen molar-refractivity contribution in [3.8, 4) is 11.5 Å². The summed E-state index contributed by atoms with van der Waals surface area (Å²) in [7, 11) is -4.00. The van der Waals surface area contributed by atoms with Crippen LogP contribution in [-0.2, 0) is 14.8 Å². The summed E-state index contributed by atoms with van der Waals surface area (Å²) in [5.41, 5.74) is 0. The molecule has 0 aliphatic rings. The number of aliphatic carboxylic acids is 1. The van der Waals surface area contributed by atoms with E-state index in [0.29, 0.717) is 16.5 Å². The Bertz CT molecular complexity index is 850. The van der Waals surface area contributed by atoms with E-state index in [2.05, 4.69) is 4.72 Å². The number of nitrogens with one attached hydrogen (secondary N) is 1. The van der Waals surface area contributed by atoms with Crippen molar-refractivity contribution in [2.45, 2.75) is 24.8 Å². The molecule has 2 aromatic rings. The molecule has 25 heavy (non-hydrogen) atoms. The molecular weight excluding hydrogens is 366 g/mol. The normalized spacial score (nSPS) is 12.8. The number of carbonyl (C=O) groups excluding carboxylic acids is 1. The van der Waals surface area contributed by atoms with Crippen molar-refractivity contribution >= 4 is 27.6 Å². The molecular formula is C17H17ClNO5S-. The third-order valence-corrected chi connectivity index (χ3v) is 5.17. The number of rotatable bonds is 7. The highest BCUT2D eigenvalue weighted by Gasteiger charge is 2.23. The molecule has 1 N–H and O–H groups in total. The Morgan fingerprint density at radius 2 is 1.72 bits per heavy atom. The molecule has 1 atom stereocenters. The summed E-state index contributed by atoms with van der Waals surface area (Å²) in [6.45, 7) is 3.17. The highest BCUT2D eigenvalue weighted by atomic mass is 35.5. The fraction of sp³-hybridized carbons (Fsp3) is 0.235. The topological polar surface area (TPSA) is 95.5 Å². The molecule has 0 bridgehead atoms. The Kier molecular flexibility index (Phi) is 6.05. The van der Waals surface area contributed by atoms with Gasteiger partial charge in [0.25, 0.3) is 0 Å². The Morgan fingerprint density at radius 3 is 2.24 bits per heavy atom. The molecule has 0 saturated heterocycles. The van der Waals surface area contributed by atoms with Crippen molar-refractivity contribution in [3.63, 3.8) is 0 Å². The van der Waals surface area contributed by atoms with Gasteiger partial charge in [0.05, 0.1) is 21.9 Å². The maximum absolute atomic E-state index is 12.3. The molecule has 2 aromatic carbocycles. The minimum atomic E-state index is -4.00. The highest BCUT2D eigenvalue weighted by Crippen LogP contribution is 2.29. The lowest BCUT2D eigenvalue weighted by molar-refractivity contribution is -0.309. The number of carboxylic acids is 1. The number of halogens is 1. The zero-order valence-electron chi connectivity index (χ0n) is 13.6. The molecule has 0 aliphatic heterocycles. The van der Waals surface area contributed by atoms with E-state index in [-0.39, 0.29) is 4.90 Å². The Morgan fingerprint density at radius 1 is 1.12 bits per heavy atom. The van der Waals surface area contributed by atoms with Crippen molar-refractivity contribution in [1.29, 1.82) is 0 Å². The van der Waals surface area contributed by atoms with Crippen molar-refractivity contribution in [1.82, 2.24) is 4.72 Å². The summed E-state index contributed by atoms with van der Waals surface area (Å²) in [5, 5.41) is 11.5. The molecule has 6 nitrogen and oxygen atoms in total. The van der Waals surface area contributed by atoms with Crippen LogP contribution in [0.3, 0.4) is 0 Å². The van der Waals surface area contributed by atoms with Crippen LogP contribution in [0.5, 0.6) is 11.5 Å². The standard InChI is InChI=1S/C17H18ClNO5S/c1-11(2)16(17(20)21)19-25(22,23)13-9-7-12(8-10-13)24-15-6-4-3-5-14(15)18/h3-11,16,19H,1-2H3,(H,20,21)/p-1/t16-/m1/s1. The minimum Gasteiger partial charge on any atom is -0.548 e. The third kappa shape index (κ3) is 4.94. The van der Waals surface area contributed by atoms with Crippen LogP contribution >= 0.6 is 11.6 Å². The average Bonchev–Trinajstić information content (AvgIpc) is 2.55. The van der Waals surface area contributed by atoms with Gasteiger partial charge in [-0.05, 0) is 42.3 Å². The second-order valence-corrected chi connectivity index (χ2v) is 7.79. The lowest BCUT2D eigenvalue weighted by Crippen LogP contribution is -2.50. The average molecular weight is 383 g/mol. The van der Waals surface area contributed by atoms with Gasteiger partial charge in [-0.3, -0.25) is 0 Å². The summed E-state index contributed by atoms with van der Waals surface area (Å²) in [5.74, 6) is -1.10. The van der Waals surface area contributed by atoms with Gasteiger partial charge in [0, 0.05) is 0 Å². The summed E-state index contributed by atoms with van der Waals surface area (Å²) < 4.78 is 32.3. The molecule has 134 valence electrons. The Balaban J connectivity index is 2.18. The first-order valence-electron chi connectivity index (χ1n) is 7.46. The van der Waals surface area contributed by atoms with Gasteiger partial charge in [-0.15, -0.1) is 0 Å². The van der Waals surface area contributed by atoms with E-state index in [9.17, 15) is 18.3 Å². The summed E-state index contributed by atoms with van der Waals surface area (Å²) in [6, 6.07) is 11.1. The number of hydrogen-bond donors (Lipinski definition) is 1. The first-order valence-corrected chi connectivity index (χ1v) is 9.32. The number of benzene rings is 2. The molecule has 0 fully saturated rings. The van der Waals surface area contributed by atoms with Crippen molar-refractivity contribution in [2.75, 3.05) is 0 Å². The lowest BCUT2D eigenvalue weighted by atomic mass is 10.1. The zero-order valence-corrected chi connectivity index (χ0v) is 15.2. The minimum absolute atomic E-state index is 0.0779. The van der Waals surface area contributed by atoms with Crippen LogP contribution in [0, 0.1) is 5.92 Å². The molecule has 0 radical (unpaired) electrons. The fourth-order valence-electron chi connectivity index (χ4n) is 2.03. The van der Waals surface area contributed by atoms with Crippen LogP contribution in [0.1, 0.15) is 13.8 Å². The van der Waals surface area contributed by atoms with E-state index in [1.165, 1.54) is 24.3 Å². The zero-order chi connectivity index (χ0) is 18.6. The van der Waals surface area contributed by atoms with E-state index in [4.69, 9.17) is 16.3 Å². The first-order chi connectivity index (χ1) is 11.7. The van der Waals surface area contributed by atoms with Crippen LogP contribution in [0.25, 0.3) is 0 Å². The summed E-state index contributed by atoms with van der Waals surface area (Å²) in [4.78, 5) is 11.0. The number of para-hydroxylation sites is 1. The monoisotopic (exact) mass is 382 g/mol. The van der Waals surface area contributed by atoms with Crippen LogP contribution in [0.4, 0.5) is 0 Å². The van der Waals surface area contributed by atoms with Crippen LogP contribution in [-0.4, -0.2) is 20.4 Å². The molecule has 0 amide bonds. The first kappa shape index (κ1) is 19.2. The van der Waals surface area contributed by atoms with E-state index >= 15 is 0 Å². The van der Waals surface area contributed by atoms with Crippen molar-refractivity contribution < 1.29 is 23.1 Å². The second kappa shape index (κ2) is 7.86. The van der Waals surface area contributed by atoms with Gasteiger partial charge in [0.15, 0.2) is 0 Å². The number of carbonyl (C=O) groups is 1. The van der Waals surface area contributed by atoms with Crippen LogP contribution in [0.15, 0.2) is 53.4 Å². The van der Waals surface area contributed by atoms with Gasteiger partial charge < -0.3 is 14.6 Å². The van der Waals surface area contributed by atoms with E-state index in [1.807, 2.05) is 0 Å². The van der Waals surface area contributed by atoms with Crippen molar-refractivity contribution in [3.05, 3.63) is 53.6 Å². The lowest BCUT2D eigenvalue weighted by Gasteiger charge is -2.23. The number of carboxylic acid groups (broad SMARTS) is 1. The Labute approximate surface area is 151 Å². The second-order valence-electron chi connectivity index (χ2n) is 5.67. The Hall–Kier alpha value is -2.09. The van der Waals surface area contributed by atoms with E-state index in [0.717, 1.165) is 0 Å². The maximum atomic E-state index is 12.3. The largest absolute Gasteiger partial charge is 0.548 e. The van der Waals surface area contributed by atoms with Gasteiger partial charge in [0.1, 0.15) is 11.5 Å². The van der Waals surface area contributed by atoms with Gasteiger partial charge in [0.2, 0.25) is 10.0 Å². The van der Waals surface area contributed by atoms with Gasteiger partial charge in [-0.2, -0.15) is 0 Å². The maximum Gasteiger partial charge on any atom is 0.241 e. The molecule has 0 saturated carbocycles. The molecule has 0 heterocycles. The smallest absolute Gasteiger partial charge is 0.241 e. The fourth-order valence-corrected chi connectivity index (χ4v) is 3.54. The molecule has 0 aromatic heterocycles. The highest BCUT2D eigenvalue weighted by molar-refractivity contribution is 7.89. The molecule has 2 rings (SSSR count). The van der Waals surface area contributed by atoms with Crippen molar-refractivity contribution in [2.24, 2.45) is 5.92 Å². The number of hydrogen-bond acceptors (Lipinski definition) is 5. The summed E-state index contributed by atoms with van der Waals surface area (Å²) >= 11 is 6.00. The van der Waals surface area contributed by atoms with Gasteiger partial charge in [-0.25, -0.2) is 13.1 Å². The van der Waals surface area contributed by atoms with Gasteiger partial charge in [-0.1, -0.05) is 37.6 Å². The van der Waals surface area contributed by atoms with Crippen LogP contribution < -0.4 is 14.6 Å². The van der Waals surface area contributed by atoms with Gasteiger partial charge >= 0.3 is 0 Å². The molecule has 0 spiro atoms. The van der Waals surface area contributed by atoms with Crippen LogP contribution in [0.2, 0.25) is 5.02 Å². The van der Waals surface area contributed by atoms with E-state index in [1.54, 1.807) is 38.1 Å². The third-order valence-electron chi connectivity index (χ3n) is 3.40. The number of sulfonamides is 1.